The van der Waals surface area contributed by atoms with Crippen molar-refractivity contribution in [2.45, 2.75) is 431 Å². The van der Waals surface area contributed by atoms with Crippen LogP contribution in [0, 0.1) is 56.2 Å². The molecule has 0 unspecified atom stereocenters. The summed E-state index contributed by atoms with van der Waals surface area (Å²) >= 11 is 0. The van der Waals surface area contributed by atoms with E-state index in [1.54, 1.807) is 6.92 Å². The highest BCUT2D eigenvalue weighted by Crippen LogP contribution is 2.76. The molecule has 51 nitrogen and oxygen atoms in total. The van der Waals surface area contributed by atoms with Crippen molar-refractivity contribution in [2.24, 2.45) is 56.2 Å². The molecule has 9 aliphatic heterocycles. The number of esters is 2. The summed E-state index contributed by atoms with van der Waals surface area (Å²) in [5.74, 6) is -1.92. The zero-order valence-electron chi connectivity index (χ0n) is 80.8. The summed E-state index contributed by atoms with van der Waals surface area (Å²) in [7, 11) is 0. The van der Waals surface area contributed by atoms with E-state index in [1.165, 1.54) is 0 Å². The second-order valence-corrected chi connectivity index (χ2v) is 44.5. The van der Waals surface area contributed by atoms with Crippen LogP contribution in [0.4, 0.5) is 0 Å². The van der Waals surface area contributed by atoms with Crippen molar-refractivity contribution in [1.82, 2.24) is 0 Å². The predicted molar refractivity (Wildman–Crippen MR) is 471 cm³/mol. The number of hydrogen-bond acceptors (Lipinski definition) is 51. The lowest BCUT2D eigenvalue weighted by Crippen LogP contribution is -2.68. The molecule has 832 valence electrons. The average molecular weight is 2100 g/mol. The van der Waals surface area contributed by atoms with E-state index in [4.69, 9.17) is 85.3 Å². The number of fused-ring (bicyclic) bond motifs is 6. The summed E-state index contributed by atoms with van der Waals surface area (Å²) in [4.78, 5) is 29.2. The average Bonchev–Trinajstić information content (AvgIpc) is 1.57. The maximum absolute atomic E-state index is 14.7. The molecular weight excluding hydrogens is 1940 g/mol. The molecule has 0 amide bonds. The second-order valence-electron chi connectivity index (χ2n) is 44.5. The van der Waals surface area contributed by atoms with Crippen LogP contribution in [0.25, 0.3) is 0 Å². The molecule has 8 saturated carbocycles. The third-order valence-corrected chi connectivity index (χ3v) is 36.2. The molecule has 9 heterocycles. The van der Waals surface area contributed by atoms with Gasteiger partial charge in [0, 0.05) is 0 Å². The van der Waals surface area contributed by atoms with Crippen molar-refractivity contribution < 1.29 is 253 Å². The van der Waals surface area contributed by atoms with Crippen LogP contribution in [0.1, 0.15) is 143 Å². The van der Waals surface area contributed by atoms with Crippen LogP contribution >= 0.6 is 0 Å². The summed E-state index contributed by atoms with van der Waals surface area (Å²) < 4.78 is 107. The number of hydrogen-bond donors (Lipinski definition) is 31. The highest BCUT2D eigenvalue weighted by molar-refractivity contribution is 5.78. The fraction of sp³-hybridized carbons (Fsp3) is 0.936. The van der Waals surface area contributed by atoms with Gasteiger partial charge in [-0.2, -0.15) is 0 Å². The van der Waals surface area contributed by atoms with Crippen molar-refractivity contribution in [2.75, 3.05) is 59.5 Å². The van der Waals surface area contributed by atoms with Crippen LogP contribution in [0.3, 0.4) is 0 Å². The fourth-order valence-corrected chi connectivity index (χ4v) is 28.3. The second kappa shape index (κ2) is 44.3. The fourth-order valence-electron chi connectivity index (χ4n) is 28.3. The molecule has 57 atom stereocenters. The first-order valence-electron chi connectivity index (χ1n) is 50.3. The lowest BCUT2D eigenvalue weighted by atomic mass is 9.41. The Morgan fingerprint density at radius 1 is 0.276 bits per heavy atom. The number of ether oxygens (including phenoxy) is 18. The van der Waals surface area contributed by atoms with E-state index < -0.39 is 386 Å². The molecule has 8 aliphatic carbocycles. The molecule has 4 bridgehead atoms. The topological polar surface area (TPSA) is 827 Å². The first-order valence-corrected chi connectivity index (χ1v) is 50.3. The van der Waals surface area contributed by atoms with E-state index in [-0.39, 0.29) is 29.1 Å². The van der Waals surface area contributed by atoms with Gasteiger partial charge in [-0.25, -0.2) is 0 Å². The first-order chi connectivity index (χ1) is 68.4. The summed E-state index contributed by atoms with van der Waals surface area (Å²) in [5.41, 5.74) is -4.87. The van der Waals surface area contributed by atoms with E-state index in [0.29, 0.717) is 115 Å². The minimum absolute atomic E-state index is 0.0469. The van der Waals surface area contributed by atoms with Crippen molar-refractivity contribution in [3.63, 3.8) is 0 Å². The van der Waals surface area contributed by atoms with Gasteiger partial charge in [0.2, 0.25) is 12.6 Å². The van der Waals surface area contributed by atoms with Crippen LogP contribution in [-0.4, -0.2) is 517 Å². The standard InChI is InChI=1S/C50H80O28.C44H70O23/c1-18-11-49-9-5-24-47(2,7-4-8-48(24,3)46(68)77-44-38(67)34(63)29(58)23(74-44)16-69-41-35(64)31(60)26(55)19(12-51)70-41)25(49)6-10-50(18,17-49)78-45-40(76-43-37(66)33(62)28(57)21(14-53)72-43)39(30(59)22(15-54)73-45)75-42-36(65)32(61)27(56)20(13-52)71-42;1-17-11-43-9-5-22-41(2,7-4-8-42(22,3)40(59)66-38-34(58)30(54)27(51)21(64-38)15-60-36-32(56)28(52)24(48)18(12-45)61-36)23(43)6-10-44(17,16-43)67-39-35(31(55)26(50)20(14-47)63-39)65-37-33(57)29(53)25(49)19(13-46)62-37/h19-45,51-67H,1,4-17H2,2-3H3;18-39,45-58H,1,4-16H2,2-3H3/t19-,20-,21-,22-,23-,24+,25+,26-,27-,28-,29-,30-,31+,32+,33+,34+,35-,36-,37-,38-,39+,40-,41+,42+,43+,44+,45+,47-,48-,49-,50+;18-,19-,20-,21-,22+,23+,24-,25-,26-,27-,28+,29+,30+,31+,32-,33-,34-,35-,36+,37+,38+,39+,41-,42-,43-,44+/m11/s1. The predicted octanol–water partition coefficient (Wildman–Crippen LogP) is -12.4. The molecule has 0 aromatic rings. The van der Waals surface area contributed by atoms with Gasteiger partial charge in [0.15, 0.2) is 44.0 Å². The maximum Gasteiger partial charge on any atom is 0.314 e. The molecule has 17 fully saturated rings. The van der Waals surface area contributed by atoms with Crippen LogP contribution in [-0.2, 0) is 94.9 Å². The van der Waals surface area contributed by atoms with Gasteiger partial charge in [0.1, 0.15) is 220 Å². The first kappa shape index (κ1) is 114. The van der Waals surface area contributed by atoms with E-state index >= 15 is 0 Å². The van der Waals surface area contributed by atoms with Gasteiger partial charge in [-0.1, -0.05) is 39.8 Å². The zero-order valence-corrected chi connectivity index (χ0v) is 80.8. The van der Waals surface area contributed by atoms with Gasteiger partial charge in [0.25, 0.3) is 0 Å². The number of aliphatic hydroxyl groups excluding tert-OH is 31. The Kier molecular flexibility index (Phi) is 34.9. The number of aliphatic hydroxyl groups is 31. The van der Waals surface area contributed by atoms with E-state index in [0.717, 1.165) is 12.0 Å². The molecule has 51 heteroatoms. The Hall–Kier alpha value is -3.46. The molecule has 31 N–H and O–H groups in total. The highest BCUT2D eigenvalue weighted by Gasteiger charge is 2.74. The molecule has 17 aliphatic rings. The van der Waals surface area contributed by atoms with Crippen LogP contribution in [0.5, 0.6) is 0 Å². The van der Waals surface area contributed by atoms with Gasteiger partial charge in [0.05, 0.1) is 81.5 Å². The molecule has 145 heavy (non-hydrogen) atoms. The van der Waals surface area contributed by atoms with E-state index in [1.807, 2.05) is 6.92 Å². The van der Waals surface area contributed by atoms with E-state index in [2.05, 4.69) is 27.0 Å². The normalized spacial score (nSPS) is 54.5. The lowest BCUT2D eigenvalue weighted by molar-refractivity contribution is -0.400. The van der Waals surface area contributed by atoms with Crippen molar-refractivity contribution in [3.05, 3.63) is 24.3 Å². The third-order valence-electron chi connectivity index (χ3n) is 36.2. The Balaban J connectivity index is 0.000000210. The summed E-state index contributed by atoms with van der Waals surface area (Å²) in [6, 6.07) is 0. The third kappa shape index (κ3) is 20.3. The van der Waals surface area contributed by atoms with Crippen molar-refractivity contribution in [1.29, 1.82) is 0 Å². The number of carbonyl (C=O) groups is 2. The molecule has 0 aromatic heterocycles. The quantitative estimate of drug-likeness (QED) is 0.0206. The largest absolute Gasteiger partial charge is 0.432 e. The molecule has 17 rings (SSSR count). The summed E-state index contributed by atoms with van der Waals surface area (Å²) in [6.07, 6.45) is -66.8. The Morgan fingerprint density at radius 3 is 0.862 bits per heavy atom. The Labute approximate surface area is 832 Å². The maximum atomic E-state index is 14.7. The highest BCUT2D eigenvalue weighted by atomic mass is 16.8. The van der Waals surface area contributed by atoms with Gasteiger partial charge in [-0.3, -0.25) is 9.59 Å². The Morgan fingerprint density at radius 2 is 0.531 bits per heavy atom. The van der Waals surface area contributed by atoms with Crippen molar-refractivity contribution >= 4 is 11.9 Å². The van der Waals surface area contributed by atoms with Gasteiger partial charge in [-0.05, 0) is 173 Å². The van der Waals surface area contributed by atoms with Crippen molar-refractivity contribution in [3.8, 4) is 0 Å². The molecule has 2 spiro atoms. The summed E-state index contributed by atoms with van der Waals surface area (Å²) in [6.45, 7) is 10.3. The van der Waals surface area contributed by atoms with Gasteiger partial charge >= 0.3 is 11.9 Å². The van der Waals surface area contributed by atoms with E-state index in [9.17, 15) is 168 Å². The molecule has 0 radical (unpaired) electrons. The molecule has 9 saturated heterocycles. The minimum atomic E-state index is -1.99. The lowest BCUT2D eigenvalue weighted by Gasteiger charge is -2.64. The SMILES string of the molecule is C=C1C[C@@]23CC[C@H]4[C@@](C)(CCC[C@@]4(C)C(=O)O[C@@H]4O[C@H](CO[C@H]5O[C@H](CO)[C@@H](O)[C@H](O)[C@H]5O)[C@@H](O)[C@H](O)[C@H]4O)[C@@H]2CC[C@]1(O[C@@H]1O[C@H](CO)[C@@H](O)[C@H](O)[C@H]1O[C@@H]1O[C@H](CO)[C@@H](O)[C@H](O)[C@H]1O)C3.C=C1C[C@@]23CC[C@H]4[C@@](C)(CCC[C@@]4(C)C(=O)O[C@@H]4O[C@H](CO[C@H]5O[C@H](CO)[C@@H](O)[C@H](O)[C@H]5O)[C@@H](O)[C@H](O)[C@H]4O)[C@@H]2CC[C@]1(O[C@@H]1O[C@H](CO)[C@@H](O)[C@H](O[C@@H]2O[C@H](CO)[C@@H](O)[C@H](O)[C@H]2O)[C@H]1O[C@@H]1O[C@H](CO)[C@@H](O)[C@H](O)[C@H]1O)C3. The van der Waals surface area contributed by atoms with Gasteiger partial charge < -0.3 is 244 Å². The van der Waals surface area contributed by atoms with Crippen LogP contribution in [0.2, 0.25) is 0 Å². The van der Waals surface area contributed by atoms with Gasteiger partial charge in [-0.15, -0.1) is 0 Å². The Bertz CT molecular complexity index is 4360. The molecule has 0 aromatic carbocycles. The number of carbonyl (C=O) groups excluding carboxylic acids is 2. The summed E-state index contributed by atoms with van der Waals surface area (Å²) in [5, 5.41) is 327. The smallest absolute Gasteiger partial charge is 0.314 e. The minimum Gasteiger partial charge on any atom is -0.432 e. The van der Waals surface area contributed by atoms with Crippen LogP contribution < -0.4 is 0 Å². The van der Waals surface area contributed by atoms with Crippen LogP contribution in [0.15, 0.2) is 24.3 Å². The zero-order chi connectivity index (χ0) is 105. The number of rotatable bonds is 27. The molecular formula is C94H150O51. The monoisotopic (exact) mass is 2090 g/mol.